The molecule has 2 aromatic carbocycles. The summed E-state index contributed by atoms with van der Waals surface area (Å²) in [4.78, 5) is 17.7. The van der Waals surface area contributed by atoms with Crippen molar-refractivity contribution in [2.75, 3.05) is 0 Å². The van der Waals surface area contributed by atoms with Crippen LogP contribution in [0, 0.1) is 19.7 Å². The Hall–Kier alpha value is -2.95. The Bertz CT molecular complexity index is 1040. The van der Waals surface area contributed by atoms with Crippen LogP contribution in [-0.4, -0.2) is 15.5 Å². The number of H-pyrrole nitrogens is 1. The molecule has 0 amide bonds. The highest BCUT2D eigenvalue weighted by molar-refractivity contribution is 6.01. The Morgan fingerprint density at radius 1 is 1.11 bits per heavy atom. The molecule has 5 heteroatoms. The summed E-state index contributed by atoms with van der Waals surface area (Å²) in [6.07, 6.45) is 1.63. The minimum atomic E-state index is -0.333. The Morgan fingerprint density at radius 3 is 2.44 bits per heavy atom. The highest BCUT2D eigenvalue weighted by Gasteiger charge is 2.17. The van der Waals surface area contributed by atoms with Crippen molar-refractivity contribution in [1.29, 1.82) is 0 Å². The first-order valence-corrected chi connectivity index (χ1v) is 9.13. The summed E-state index contributed by atoms with van der Waals surface area (Å²) in [5, 5.41) is 3.17. The third kappa shape index (κ3) is 3.92. The standard InChI is InChI=1S/C22H24FN3O/c1-5-6-20-21(16(4)24-18-10-7-14(2)15(3)13-18)22(27)26(25-20)19-11-8-17(23)9-12-19/h7-13,25H,5-6H2,1-4H3. The number of benzene rings is 2. The van der Waals surface area contributed by atoms with E-state index in [-0.39, 0.29) is 11.4 Å². The molecule has 0 spiro atoms. The second-order valence-electron chi connectivity index (χ2n) is 6.80. The molecule has 0 unspecified atom stereocenters. The number of aliphatic imine (C=N–C) groups is 1. The van der Waals surface area contributed by atoms with Crippen LogP contribution in [-0.2, 0) is 6.42 Å². The highest BCUT2D eigenvalue weighted by atomic mass is 19.1. The molecule has 3 rings (SSSR count). The molecule has 0 saturated carbocycles. The molecule has 0 aliphatic heterocycles. The minimum absolute atomic E-state index is 0.171. The van der Waals surface area contributed by atoms with Crippen molar-refractivity contribution < 1.29 is 4.39 Å². The summed E-state index contributed by atoms with van der Waals surface area (Å²) < 4.78 is 14.7. The molecule has 0 aliphatic rings. The number of nitrogens with one attached hydrogen (secondary N) is 1. The maximum Gasteiger partial charge on any atom is 0.280 e. The van der Waals surface area contributed by atoms with Crippen molar-refractivity contribution in [1.82, 2.24) is 9.78 Å². The molecular weight excluding hydrogens is 341 g/mol. The molecule has 4 nitrogen and oxygen atoms in total. The van der Waals surface area contributed by atoms with Gasteiger partial charge in [0.05, 0.1) is 22.6 Å². The molecule has 27 heavy (non-hydrogen) atoms. The van der Waals surface area contributed by atoms with Crippen molar-refractivity contribution in [3.8, 4) is 5.69 Å². The van der Waals surface area contributed by atoms with E-state index in [2.05, 4.69) is 23.9 Å². The maximum atomic E-state index is 13.2. The Labute approximate surface area is 158 Å². The van der Waals surface area contributed by atoms with Gasteiger partial charge in [-0.3, -0.25) is 14.9 Å². The van der Waals surface area contributed by atoms with Gasteiger partial charge in [-0.2, -0.15) is 0 Å². The number of aromatic nitrogens is 2. The Kier molecular flexibility index (Phi) is 5.40. The molecule has 0 bridgehead atoms. The summed E-state index contributed by atoms with van der Waals surface area (Å²) in [7, 11) is 0. The molecule has 1 N–H and O–H groups in total. The lowest BCUT2D eigenvalue weighted by molar-refractivity contribution is 0.626. The summed E-state index contributed by atoms with van der Waals surface area (Å²) in [5.41, 5.74) is 5.72. The average Bonchev–Trinajstić information content (AvgIpc) is 2.95. The smallest absolute Gasteiger partial charge is 0.280 e. The molecule has 1 aromatic heterocycles. The first-order chi connectivity index (χ1) is 12.9. The monoisotopic (exact) mass is 365 g/mol. The number of hydrogen-bond donors (Lipinski definition) is 1. The van der Waals surface area contributed by atoms with E-state index in [1.54, 1.807) is 12.1 Å². The fraction of sp³-hybridized carbons (Fsp3) is 0.273. The predicted octanol–water partition coefficient (Wildman–Crippen LogP) is 5.01. The number of hydrogen-bond acceptors (Lipinski definition) is 2. The van der Waals surface area contributed by atoms with Gasteiger partial charge >= 0.3 is 0 Å². The number of rotatable bonds is 5. The largest absolute Gasteiger partial charge is 0.294 e. The van der Waals surface area contributed by atoms with Crippen molar-refractivity contribution >= 4 is 11.4 Å². The van der Waals surface area contributed by atoms with Crippen LogP contribution >= 0.6 is 0 Å². The number of aromatic amines is 1. The van der Waals surface area contributed by atoms with Crippen LogP contribution in [0.25, 0.3) is 5.69 Å². The van der Waals surface area contributed by atoms with E-state index in [1.165, 1.54) is 22.4 Å². The molecule has 140 valence electrons. The van der Waals surface area contributed by atoms with E-state index >= 15 is 0 Å². The van der Waals surface area contributed by atoms with Crippen LogP contribution < -0.4 is 5.56 Å². The molecule has 0 atom stereocenters. The van der Waals surface area contributed by atoms with Gasteiger partial charge in [0.25, 0.3) is 5.56 Å². The van der Waals surface area contributed by atoms with Crippen LogP contribution in [0.15, 0.2) is 52.3 Å². The van der Waals surface area contributed by atoms with Gasteiger partial charge in [0.1, 0.15) is 5.82 Å². The molecule has 3 aromatic rings. The lowest BCUT2D eigenvalue weighted by Crippen LogP contribution is -2.19. The van der Waals surface area contributed by atoms with E-state index in [4.69, 9.17) is 0 Å². The van der Waals surface area contributed by atoms with Crippen LogP contribution in [0.4, 0.5) is 10.1 Å². The SMILES string of the molecule is CCCc1[nH]n(-c2ccc(F)cc2)c(=O)c1C(C)=Nc1ccc(C)c(C)c1. The van der Waals surface area contributed by atoms with Gasteiger partial charge in [-0.1, -0.05) is 19.4 Å². The number of halogens is 1. The fourth-order valence-corrected chi connectivity index (χ4v) is 3.10. The van der Waals surface area contributed by atoms with Crippen LogP contribution in [0.1, 0.15) is 42.7 Å². The van der Waals surface area contributed by atoms with Gasteiger partial charge in [-0.05, 0) is 74.7 Å². The molecular formula is C22H24FN3O. The van der Waals surface area contributed by atoms with E-state index in [0.717, 1.165) is 29.8 Å². The van der Waals surface area contributed by atoms with Gasteiger partial charge < -0.3 is 0 Å². The van der Waals surface area contributed by atoms with Gasteiger partial charge in [0.15, 0.2) is 0 Å². The van der Waals surface area contributed by atoms with E-state index in [0.29, 0.717) is 17.0 Å². The third-order valence-corrected chi connectivity index (χ3v) is 4.70. The van der Waals surface area contributed by atoms with Crippen molar-refractivity contribution in [2.24, 2.45) is 4.99 Å². The Balaban J connectivity index is 2.10. The van der Waals surface area contributed by atoms with Gasteiger partial charge in [0, 0.05) is 5.69 Å². The van der Waals surface area contributed by atoms with Crippen LogP contribution in [0.5, 0.6) is 0 Å². The zero-order chi connectivity index (χ0) is 19.6. The minimum Gasteiger partial charge on any atom is -0.294 e. The predicted molar refractivity (Wildman–Crippen MR) is 108 cm³/mol. The summed E-state index contributed by atoms with van der Waals surface area (Å²) in [6, 6.07) is 11.9. The lowest BCUT2D eigenvalue weighted by Gasteiger charge is -2.03. The molecule has 1 heterocycles. The van der Waals surface area contributed by atoms with E-state index < -0.39 is 0 Å². The molecule has 0 fully saturated rings. The normalized spacial score (nSPS) is 11.8. The highest BCUT2D eigenvalue weighted by Crippen LogP contribution is 2.19. The average molecular weight is 365 g/mol. The van der Waals surface area contributed by atoms with Crippen LogP contribution in [0.2, 0.25) is 0 Å². The third-order valence-electron chi connectivity index (χ3n) is 4.70. The van der Waals surface area contributed by atoms with Gasteiger partial charge in [-0.25, -0.2) is 9.07 Å². The molecule has 0 saturated heterocycles. The molecule has 0 radical (unpaired) electrons. The first kappa shape index (κ1) is 18.8. The van der Waals surface area contributed by atoms with Gasteiger partial charge in [0.2, 0.25) is 0 Å². The van der Waals surface area contributed by atoms with E-state index in [9.17, 15) is 9.18 Å². The number of nitrogens with zero attached hydrogens (tertiary/aromatic N) is 2. The molecule has 0 aliphatic carbocycles. The Morgan fingerprint density at radius 2 is 1.81 bits per heavy atom. The first-order valence-electron chi connectivity index (χ1n) is 9.13. The lowest BCUT2D eigenvalue weighted by atomic mass is 10.1. The van der Waals surface area contributed by atoms with Crippen molar-refractivity contribution in [3.63, 3.8) is 0 Å². The summed E-state index contributed by atoms with van der Waals surface area (Å²) in [5.74, 6) is -0.333. The second kappa shape index (κ2) is 7.74. The second-order valence-corrected chi connectivity index (χ2v) is 6.80. The van der Waals surface area contributed by atoms with Crippen molar-refractivity contribution in [2.45, 2.75) is 40.5 Å². The van der Waals surface area contributed by atoms with Gasteiger partial charge in [-0.15, -0.1) is 0 Å². The van der Waals surface area contributed by atoms with E-state index in [1.807, 2.05) is 32.0 Å². The fourth-order valence-electron chi connectivity index (χ4n) is 3.10. The van der Waals surface area contributed by atoms with Crippen LogP contribution in [0.3, 0.4) is 0 Å². The maximum absolute atomic E-state index is 13.2. The van der Waals surface area contributed by atoms with Crippen molar-refractivity contribution in [3.05, 3.63) is 81.0 Å². The summed E-state index contributed by atoms with van der Waals surface area (Å²) >= 11 is 0. The topological polar surface area (TPSA) is 50.1 Å². The zero-order valence-corrected chi connectivity index (χ0v) is 16.1. The zero-order valence-electron chi connectivity index (χ0n) is 16.1. The number of aryl methyl sites for hydroxylation is 3. The quantitative estimate of drug-likeness (QED) is 0.635. The summed E-state index contributed by atoms with van der Waals surface area (Å²) in [6.45, 7) is 8.02.